The van der Waals surface area contributed by atoms with E-state index in [4.69, 9.17) is 16.2 Å². The minimum Gasteiger partial charge on any atom is -0.381 e. The van der Waals surface area contributed by atoms with Crippen molar-refractivity contribution in [2.45, 2.75) is 57.8 Å². The molecule has 3 heteroatoms. The summed E-state index contributed by atoms with van der Waals surface area (Å²) < 4.78 is 5.44. The molecule has 0 spiro atoms. The fourth-order valence-electron chi connectivity index (χ4n) is 1.70. The molecule has 0 rings (SSSR count). The molecule has 0 unspecified atom stereocenters. The number of hydrogen-bond donors (Lipinski definition) is 2. The van der Waals surface area contributed by atoms with Gasteiger partial charge in [0.15, 0.2) is 0 Å². The first-order chi connectivity index (χ1) is 7.91. The zero-order valence-corrected chi connectivity index (χ0v) is 10.8. The lowest BCUT2D eigenvalue weighted by atomic mass is 10.1. The van der Waals surface area contributed by atoms with Gasteiger partial charge in [0.05, 0.1) is 0 Å². The molecule has 16 heavy (non-hydrogen) atoms. The molecule has 0 aromatic carbocycles. The average molecular weight is 230 g/mol. The van der Waals surface area contributed by atoms with Crippen LogP contribution in [0.3, 0.4) is 0 Å². The molecule has 0 aromatic rings. The molecule has 3 nitrogen and oxygen atoms in total. The topological polar surface area (TPSA) is 61.3 Å². The molecular formula is C13H30N2O. The number of hydrogen-bond acceptors (Lipinski definition) is 3. The maximum Gasteiger partial charge on any atom is 0.0478 e. The van der Waals surface area contributed by atoms with Gasteiger partial charge in [0.25, 0.3) is 0 Å². The Labute approximate surface area is 101 Å². The number of unbranched alkanes of at least 4 members (excludes halogenated alkanes) is 7. The molecule has 4 N–H and O–H groups in total. The molecule has 0 aliphatic heterocycles. The van der Waals surface area contributed by atoms with Gasteiger partial charge in [0.1, 0.15) is 0 Å². The molecule has 98 valence electrons. The van der Waals surface area contributed by atoms with Crippen LogP contribution in [0.5, 0.6) is 0 Å². The monoisotopic (exact) mass is 230 g/mol. The fourth-order valence-corrected chi connectivity index (χ4v) is 1.70. The Kier molecular flexibility index (Phi) is 14.8. The van der Waals surface area contributed by atoms with Crippen molar-refractivity contribution in [2.75, 3.05) is 26.3 Å². The van der Waals surface area contributed by atoms with E-state index in [1.54, 1.807) is 0 Å². The van der Waals surface area contributed by atoms with Crippen LogP contribution >= 0.6 is 0 Å². The third kappa shape index (κ3) is 13.9. The van der Waals surface area contributed by atoms with Gasteiger partial charge in [-0.3, -0.25) is 0 Å². The summed E-state index contributed by atoms with van der Waals surface area (Å²) in [5, 5.41) is 0. The zero-order chi connectivity index (χ0) is 11.9. The minimum absolute atomic E-state index is 0.739. The van der Waals surface area contributed by atoms with Crippen LogP contribution in [0.2, 0.25) is 0 Å². The van der Waals surface area contributed by atoms with E-state index >= 15 is 0 Å². The summed E-state index contributed by atoms with van der Waals surface area (Å²) in [4.78, 5) is 0. The smallest absolute Gasteiger partial charge is 0.0478 e. The summed E-state index contributed by atoms with van der Waals surface area (Å²) in [6, 6.07) is 0. The summed E-state index contributed by atoms with van der Waals surface area (Å²) in [7, 11) is 0. The van der Waals surface area contributed by atoms with Gasteiger partial charge in [0.2, 0.25) is 0 Å². The molecule has 0 bridgehead atoms. The lowest BCUT2D eigenvalue weighted by Gasteiger charge is -2.03. The minimum atomic E-state index is 0.739. The van der Waals surface area contributed by atoms with Crippen LogP contribution in [0.15, 0.2) is 0 Å². The lowest BCUT2D eigenvalue weighted by molar-refractivity contribution is 0.129. The highest BCUT2D eigenvalue weighted by atomic mass is 16.5. The standard InChI is InChI=1S/C13H30N2O/c14-10-7-5-3-1-2-4-6-8-12-16-13-9-11-15/h1-15H2. The van der Waals surface area contributed by atoms with Gasteiger partial charge < -0.3 is 16.2 Å². The summed E-state index contributed by atoms with van der Waals surface area (Å²) in [6.07, 6.45) is 11.4. The van der Waals surface area contributed by atoms with E-state index in [1.165, 1.54) is 51.4 Å². The molecule has 0 aliphatic rings. The Balaban J connectivity index is 2.83. The van der Waals surface area contributed by atoms with E-state index < -0.39 is 0 Å². The van der Waals surface area contributed by atoms with Crippen molar-refractivity contribution in [3.05, 3.63) is 0 Å². The molecule has 0 fully saturated rings. The number of rotatable bonds is 13. The Bertz CT molecular complexity index is 107. The molecular weight excluding hydrogens is 200 g/mol. The highest BCUT2D eigenvalue weighted by molar-refractivity contribution is 4.47. The summed E-state index contributed by atoms with van der Waals surface area (Å²) in [6.45, 7) is 3.33. The van der Waals surface area contributed by atoms with Gasteiger partial charge in [-0.05, 0) is 32.4 Å². The Morgan fingerprint density at radius 1 is 0.500 bits per heavy atom. The SMILES string of the molecule is NCCCCCCCCCCOCCCN. The first-order valence-corrected chi connectivity index (χ1v) is 6.89. The largest absolute Gasteiger partial charge is 0.381 e. The van der Waals surface area contributed by atoms with Crippen LogP contribution in [-0.2, 0) is 4.74 Å². The van der Waals surface area contributed by atoms with Gasteiger partial charge in [-0.1, -0.05) is 38.5 Å². The van der Waals surface area contributed by atoms with Crippen LogP contribution in [-0.4, -0.2) is 26.3 Å². The highest BCUT2D eigenvalue weighted by Crippen LogP contribution is 2.08. The molecule has 0 radical (unpaired) electrons. The van der Waals surface area contributed by atoms with E-state index in [9.17, 15) is 0 Å². The van der Waals surface area contributed by atoms with Crippen LogP contribution in [0, 0.1) is 0 Å². The lowest BCUT2D eigenvalue weighted by Crippen LogP contribution is -2.04. The molecule has 0 aliphatic carbocycles. The normalized spacial score (nSPS) is 10.9. The van der Waals surface area contributed by atoms with Crippen molar-refractivity contribution < 1.29 is 4.74 Å². The van der Waals surface area contributed by atoms with E-state index in [0.29, 0.717) is 0 Å². The molecule has 0 amide bonds. The van der Waals surface area contributed by atoms with Gasteiger partial charge >= 0.3 is 0 Å². The second-order valence-corrected chi connectivity index (χ2v) is 4.37. The summed E-state index contributed by atoms with van der Waals surface area (Å²) in [5.74, 6) is 0. The van der Waals surface area contributed by atoms with E-state index in [0.717, 1.165) is 32.7 Å². The van der Waals surface area contributed by atoms with Crippen molar-refractivity contribution in [2.24, 2.45) is 11.5 Å². The first kappa shape index (κ1) is 15.9. The predicted octanol–water partition coefficient (Wildman–Crippen LogP) is 2.43. The van der Waals surface area contributed by atoms with Crippen LogP contribution in [0.25, 0.3) is 0 Å². The second-order valence-electron chi connectivity index (χ2n) is 4.37. The Hall–Kier alpha value is -0.120. The van der Waals surface area contributed by atoms with Gasteiger partial charge in [-0.2, -0.15) is 0 Å². The fraction of sp³-hybridized carbons (Fsp3) is 1.00. The van der Waals surface area contributed by atoms with Crippen molar-refractivity contribution in [3.8, 4) is 0 Å². The van der Waals surface area contributed by atoms with Gasteiger partial charge in [-0.15, -0.1) is 0 Å². The van der Waals surface area contributed by atoms with Crippen LogP contribution in [0.1, 0.15) is 57.8 Å². The summed E-state index contributed by atoms with van der Waals surface area (Å²) >= 11 is 0. The first-order valence-electron chi connectivity index (χ1n) is 6.89. The molecule has 0 saturated heterocycles. The van der Waals surface area contributed by atoms with Crippen LogP contribution < -0.4 is 11.5 Å². The van der Waals surface area contributed by atoms with Crippen molar-refractivity contribution >= 4 is 0 Å². The average Bonchev–Trinajstić information content (AvgIpc) is 2.31. The van der Waals surface area contributed by atoms with E-state index in [1.807, 2.05) is 0 Å². The van der Waals surface area contributed by atoms with Crippen molar-refractivity contribution in [1.82, 2.24) is 0 Å². The van der Waals surface area contributed by atoms with Gasteiger partial charge in [-0.25, -0.2) is 0 Å². The Morgan fingerprint density at radius 3 is 1.50 bits per heavy atom. The third-order valence-electron chi connectivity index (χ3n) is 2.74. The van der Waals surface area contributed by atoms with Crippen molar-refractivity contribution in [3.63, 3.8) is 0 Å². The van der Waals surface area contributed by atoms with Crippen molar-refractivity contribution in [1.29, 1.82) is 0 Å². The second kappa shape index (κ2) is 14.9. The zero-order valence-electron chi connectivity index (χ0n) is 10.8. The van der Waals surface area contributed by atoms with Gasteiger partial charge in [0, 0.05) is 13.2 Å². The quantitative estimate of drug-likeness (QED) is 0.478. The third-order valence-corrected chi connectivity index (χ3v) is 2.74. The predicted molar refractivity (Wildman–Crippen MR) is 70.5 cm³/mol. The Morgan fingerprint density at radius 2 is 0.938 bits per heavy atom. The molecule has 0 heterocycles. The van der Waals surface area contributed by atoms with E-state index in [2.05, 4.69) is 0 Å². The molecule has 0 aromatic heterocycles. The maximum absolute atomic E-state index is 5.44. The van der Waals surface area contributed by atoms with E-state index in [-0.39, 0.29) is 0 Å². The number of nitrogens with two attached hydrogens (primary N) is 2. The van der Waals surface area contributed by atoms with Crippen LogP contribution in [0.4, 0.5) is 0 Å². The molecule has 0 atom stereocenters. The number of ether oxygens (including phenoxy) is 1. The highest BCUT2D eigenvalue weighted by Gasteiger charge is 1.92. The maximum atomic E-state index is 5.44. The summed E-state index contributed by atoms with van der Waals surface area (Å²) in [5.41, 5.74) is 10.8. The molecule has 0 saturated carbocycles.